The quantitative estimate of drug-likeness (QED) is 0.812. The molecule has 0 unspecified atom stereocenters. The van der Waals surface area contributed by atoms with Crippen molar-refractivity contribution in [2.75, 3.05) is 0 Å². The average Bonchev–Trinajstić information content (AvgIpc) is 2.71. The molecule has 5 nitrogen and oxygen atoms in total. The Hall–Kier alpha value is -2.17. The monoisotopic (exact) mass is 246 g/mol. The van der Waals surface area contributed by atoms with E-state index in [9.17, 15) is 9.59 Å². The van der Waals surface area contributed by atoms with Crippen LogP contribution in [0.4, 0.5) is 0 Å². The van der Waals surface area contributed by atoms with Gasteiger partial charge in [0, 0.05) is 12.0 Å². The summed E-state index contributed by atoms with van der Waals surface area (Å²) in [6.07, 6.45) is 1.28. The van der Waals surface area contributed by atoms with Crippen LogP contribution in [0.1, 0.15) is 46.3 Å². The van der Waals surface area contributed by atoms with Gasteiger partial charge in [-0.3, -0.25) is 4.79 Å². The second-order valence-electron chi connectivity index (χ2n) is 4.25. The molecule has 18 heavy (non-hydrogen) atoms. The predicted octanol–water partition coefficient (Wildman–Crippen LogP) is 2.55. The molecule has 5 heteroatoms. The van der Waals surface area contributed by atoms with Gasteiger partial charge in [0.05, 0.1) is 11.0 Å². The number of ketones is 1. The second-order valence-corrected chi connectivity index (χ2v) is 4.25. The van der Waals surface area contributed by atoms with Crippen molar-refractivity contribution < 1.29 is 14.7 Å². The fraction of sp³-hybridized carbons (Fsp3) is 0.308. The molecule has 1 aromatic heterocycles. The van der Waals surface area contributed by atoms with Gasteiger partial charge in [0.2, 0.25) is 5.82 Å². The van der Waals surface area contributed by atoms with Crippen LogP contribution >= 0.6 is 0 Å². The molecule has 2 rings (SSSR count). The molecule has 0 fully saturated rings. The summed E-state index contributed by atoms with van der Waals surface area (Å²) in [5.74, 6) is -1.15. The maximum atomic E-state index is 11.9. The number of benzene rings is 1. The van der Waals surface area contributed by atoms with Gasteiger partial charge < -0.3 is 10.1 Å². The zero-order valence-corrected chi connectivity index (χ0v) is 10.3. The zero-order chi connectivity index (χ0) is 13.3. The van der Waals surface area contributed by atoms with Crippen LogP contribution in [0, 0.1) is 6.92 Å². The number of aromatic carboxylic acids is 1. The molecule has 0 saturated heterocycles. The van der Waals surface area contributed by atoms with Crippen molar-refractivity contribution in [3.8, 4) is 0 Å². The number of carboxylic acid groups (broad SMARTS) is 1. The van der Waals surface area contributed by atoms with E-state index in [-0.39, 0.29) is 11.6 Å². The van der Waals surface area contributed by atoms with Crippen LogP contribution in [0.2, 0.25) is 0 Å². The number of aromatic amines is 1. The Morgan fingerprint density at radius 1 is 1.39 bits per heavy atom. The smallest absolute Gasteiger partial charge is 0.371 e. The maximum Gasteiger partial charge on any atom is 0.371 e. The molecule has 0 aliphatic heterocycles. The highest BCUT2D eigenvalue weighted by molar-refractivity contribution is 6.01. The first kappa shape index (κ1) is 12.3. The van der Waals surface area contributed by atoms with Gasteiger partial charge in [0.1, 0.15) is 0 Å². The summed E-state index contributed by atoms with van der Waals surface area (Å²) in [5.41, 5.74) is 2.60. The van der Waals surface area contributed by atoms with Gasteiger partial charge in [-0.2, -0.15) is 0 Å². The van der Waals surface area contributed by atoms with E-state index in [1.165, 1.54) is 0 Å². The van der Waals surface area contributed by atoms with E-state index in [1.807, 2.05) is 13.8 Å². The van der Waals surface area contributed by atoms with E-state index in [1.54, 1.807) is 12.1 Å². The molecular weight excluding hydrogens is 232 g/mol. The number of carbonyl (C=O) groups is 2. The van der Waals surface area contributed by atoms with E-state index >= 15 is 0 Å². The van der Waals surface area contributed by atoms with Crippen molar-refractivity contribution in [2.45, 2.75) is 26.7 Å². The molecule has 0 aliphatic rings. The largest absolute Gasteiger partial charge is 0.475 e. The van der Waals surface area contributed by atoms with Crippen molar-refractivity contribution in [2.24, 2.45) is 0 Å². The lowest BCUT2D eigenvalue weighted by Crippen LogP contribution is -2.01. The summed E-state index contributed by atoms with van der Waals surface area (Å²) in [4.78, 5) is 29.4. The molecule has 0 bridgehead atoms. The molecule has 2 aromatic rings. The number of aryl methyl sites for hydroxylation is 1. The maximum absolute atomic E-state index is 11.9. The van der Waals surface area contributed by atoms with Crippen LogP contribution in [-0.4, -0.2) is 26.8 Å². The summed E-state index contributed by atoms with van der Waals surface area (Å²) < 4.78 is 0. The van der Waals surface area contributed by atoms with Crippen molar-refractivity contribution in [1.82, 2.24) is 9.97 Å². The number of fused-ring (bicyclic) bond motifs is 1. The lowest BCUT2D eigenvalue weighted by Gasteiger charge is -2.03. The zero-order valence-electron chi connectivity index (χ0n) is 10.3. The molecule has 0 atom stereocenters. The number of Topliss-reactive ketones (excluding diaryl/α,β-unsaturated/α-hetero) is 1. The van der Waals surface area contributed by atoms with Crippen molar-refractivity contribution in [1.29, 1.82) is 0 Å². The Morgan fingerprint density at radius 2 is 2.11 bits per heavy atom. The van der Waals surface area contributed by atoms with Crippen molar-refractivity contribution in [3.05, 3.63) is 29.1 Å². The van der Waals surface area contributed by atoms with Gasteiger partial charge in [-0.05, 0) is 31.0 Å². The number of nitrogens with zero attached hydrogens (tertiary/aromatic N) is 1. The fourth-order valence-electron chi connectivity index (χ4n) is 1.93. The molecule has 0 aliphatic carbocycles. The number of aromatic nitrogens is 2. The van der Waals surface area contributed by atoms with Crippen molar-refractivity contribution >= 4 is 22.8 Å². The summed E-state index contributed by atoms with van der Waals surface area (Å²) in [6, 6.07) is 3.42. The Morgan fingerprint density at radius 3 is 2.72 bits per heavy atom. The predicted molar refractivity (Wildman–Crippen MR) is 67.0 cm³/mol. The number of hydrogen-bond donors (Lipinski definition) is 2. The fourth-order valence-corrected chi connectivity index (χ4v) is 1.93. The first-order valence-corrected chi connectivity index (χ1v) is 5.79. The van der Waals surface area contributed by atoms with Crippen LogP contribution < -0.4 is 0 Å². The minimum atomic E-state index is -1.11. The van der Waals surface area contributed by atoms with Crippen LogP contribution in [0.5, 0.6) is 0 Å². The normalized spacial score (nSPS) is 10.8. The minimum absolute atomic E-state index is 0.0665. The Labute approximate surface area is 104 Å². The summed E-state index contributed by atoms with van der Waals surface area (Å²) in [7, 11) is 0. The third-order valence-electron chi connectivity index (χ3n) is 2.81. The van der Waals surface area contributed by atoms with E-state index in [0.717, 1.165) is 12.0 Å². The molecule has 2 N–H and O–H groups in total. The average molecular weight is 246 g/mol. The first-order chi connectivity index (χ1) is 8.52. The van der Waals surface area contributed by atoms with Gasteiger partial charge in [-0.25, -0.2) is 9.78 Å². The number of imidazole rings is 1. The highest BCUT2D eigenvalue weighted by Crippen LogP contribution is 2.19. The second kappa shape index (κ2) is 4.60. The molecule has 94 valence electrons. The first-order valence-electron chi connectivity index (χ1n) is 5.79. The molecule has 0 saturated carbocycles. The molecule has 0 radical (unpaired) electrons. The van der Waals surface area contributed by atoms with Gasteiger partial charge in [0.25, 0.3) is 0 Å². The van der Waals surface area contributed by atoms with Crippen LogP contribution in [0.25, 0.3) is 11.0 Å². The third kappa shape index (κ3) is 2.11. The van der Waals surface area contributed by atoms with Gasteiger partial charge >= 0.3 is 5.97 Å². The van der Waals surface area contributed by atoms with Gasteiger partial charge in [-0.1, -0.05) is 6.92 Å². The molecule has 0 amide bonds. The van der Waals surface area contributed by atoms with E-state index in [0.29, 0.717) is 23.0 Å². The number of nitrogens with one attached hydrogen (secondary N) is 1. The number of hydrogen-bond acceptors (Lipinski definition) is 3. The lowest BCUT2D eigenvalue weighted by atomic mass is 10.0. The summed E-state index contributed by atoms with van der Waals surface area (Å²) in [5, 5.41) is 8.86. The van der Waals surface area contributed by atoms with Gasteiger partial charge in [0.15, 0.2) is 5.78 Å². The molecular formula is C13H14N2O3. The van der Waals surface area contributed by atoms with E-state index in [4.69, 9.17) is 5.11 Å². The molecule has 1 heterocycles. The summed E-state index contributed by atoms with van der Waals surface area (Å²) in [6.45, 7) is 3.78. The van der Waals surface area contributed by atoms with Crippen LogP contribution in [0.15, 0.2) is 12.1 Å². The van der Waals surface area contributed by atoms with Crippen molar-refractivity contribution in [3.63, 3.8) is 0 Å². The third-order valence-corrected chi connectivity index (χ3v) is 2.81. The highest BCUT2D eigenvalue weighted by Gasteiger charge is 2.14. The SMILES string of the molecule is CCCC(=O)c1cc2nc(C(=O)O)[nH]c2cc1C. The highest BCUT2D eigenvalue weighted by atomic mass is 16.4. The Kier molecular flexibility index (Phi) is 3.14. The number of H-pyrrole nitrogens is 1. The van der Waals surface area contributed by atoms with E-state index in [2.05, 4.69) is 9.97 Å². The standard InChI is InChI=1S/C13H14N2O3/c1-3-4-11(16)8-6-10-9(5-7(8)2)14-12(15-10)13(17)18/h5-6H,3-4H2,1-2H3,(H,14,15)(H,17,18). The Balaban J connectivity index is 2.53. The molecule has 0 spiro atoms. The van der Waals surface area contributed by atoms with Crippen LogP contribution in [0.3, 0.4) is 0 Å². The molecule has 1 aromatic carbocycles. The Bertz CT molecular complexity index is 628. The summed E-state index contributed by atoms with van der Waals surface area (Å²) >= 11 is 0. The topological polar surface area (TPSA) is 83.1 Å². The minimum Gasteiger partial charge on any atom is -0.475 e. The van der Waals surface area contributed by atoms with Gasteiger partial charge in [-0.15, -0.1) is 0 Å². The number of carboxylic acids is 1. The number of carbonyl (C=O) groups excluding carboxylic acids is 1. The van der Waals surface area contributed by atoms with E-state index < -0.39 is 5.97 Å². The van der Waals surface area contributed by atoms with Crippen LogP contribution in [-0.2, 0) is 0 Å². The number of rotatable bonds is 4. The lowest BCUT2D eigenvalue weighted by molar-refractivity contribution is 0.0685.